The van der Waals surface area contributed by atoms with E-state index in [0.717, 1.165) is 22.6 Å². The lowest BCUT2D eigenvalue weighted by Gasteiger charge is -2.18. The zero-order valence-corrected chi connectivity index (χ0v) is 15.7. The molecule has 3 heterocycles. The Balaban J connectivity index is 1.50. The van der Waals surface area contributed by atoms with Crippen molar-refractivity contribution < 1.29 is 18.8 Å². The first-order valence-electron chi connectivity index (χ1n) is 8.90. The van der Waals surface area contributed by atoms with Gasteiger partial charge in [-0.1, -0.05) is 5.16 Å². The van der Waals surface area contributed by atoms with Crippen molar-refractivity contribution in [3.63, 3.8) is 0 Å². The van der Waals surface area contributed by atoms with E-state index in [-0.39, 0.29) is 11.8 Å². The number of methoxy groups -OCH3 is 2. The van der Waals surface area contributed by atoms with Crippen molar-refractivity contribution in [3.05, 3.63) is 54.2 Å². The minimum atomic E-state index is -0.132. The molecule has 8 nitrogen and oxygen atoms in total. The van der Waals surface area contributed by atoms with Crippen LogP contribution >= 0.6 is 0 Å². The number of likely N-dealkylation sites (tertiary alicyclic amines) is 1. The molecule has 1 fully saturated rings. The molecule has 1 unspecified atom stereocenters. The first-order chi connectivity index (χ1) is 13.7. The minimum Gasteiger partial charge on any atom is -0.497 e. The highest BCUT2D eigenvalue weighted by Gasteiger charge is 2.34. The van der Waals surface area contributed by atoms with Gasteiger partial charge < -0.3 is 18.9 Å². The summed E-state index contributed by atoms with van der Waals surface area (Å²) in [5.74, 6) is 2.32. The molecule has 0 spiro atoms. The molecular formula is C20H20N4O4. The molecule has 1 amide bonds. The number of hydrogen-bond acceptors (Lipinski definition) is 7. The van der Waals surface area contributed by atoms with Crippen molar-refractivity contribution >= 4 is 5.91 Å². The molecule has 2 aromatic heterocycles. The third-order valence-electron chi connectivity index (χ3n) is 4.79. The van der Waals surface area contributed by atoms with E-state index in [9.17, 15) is 4.79 Å². The van der Waals surface area contributed by atoms with Crippen LogP contribution in [-0.4, -0.2) is 46.7 Å². The molecule has 4 rings (SSSR count). The predicted octanol–water partition coefficient (Wildman–Crippen LogP) is 2.66. The van der Waals surface area contributed by atoms with E-state index in [2.05, 4.69) is 15.1 Å². The summed E-state index contributed by atoms with van der Waals surface area (Å²) in [6.07, 6.45) is 3.69. The average molecular weight is 380 g/mol. The number of carbonyl (C=O) groups is 1. The minimum absolute atomic E-state index is 0.0403. The fourth-order valence-electron chi connectivity index (χ4n) is 3.32. The maximum atomic E-state index is 12.5. The Morgan fingerprint density at radius 1 is 1.18 bits per heavy atom. The maximum absolute atomic E-state index is 12.5. The SMILES string of the molecule is COc1ccc(OC)c(CN2CC(c3nc(-c4ccncc4)no3)CC2=O)c1. The number of benzene rings is 1. The summed E-state index contributed by atoms with van der Waals surface area (Å²) in [7, 11) is 3.22. The summed E-state index contributed by atoms with van der Waals surface area (Å²) in [4.78, 5) is 22.8. The molecule has 1 saturated heterocycles. The van der Waals surface area contributed by atoms with Gasteiger partial charge in [0.1, 0.15) is 11.5 Å². The van der Waals surface area contributed by atoms with Crippen LogP contribution in [0.2, 0.25) is 0 Å². The molecule has 8 heteroatoms. The number of nitrogens with zero attached hydrogens (tertiary/aromatic N) is 4. The number of rotatable bonds is 6. The van der Waals surface area contributed by atoms with E-state index >= 15 is 0 Å². The Hall–Kier alpha value is -3.42. The molecular weight excluding hydrogens is 360 g/mol. The van der Waals surface area contributed by atoms with E-state index < -0.39 is 0 Å². The lowest BCUT2D eigenvalue weighted by Crippen LogP contribution is -2.24. The Morgan fingerprint density at radius 3 is 2.75 bits per heavy atom. The highest BCUT2D eigenvalue weighted by Crippen LogP contribution is 2.32. The van der Waals surface area contributed by atoms with Crippen molar-refractivity contribution in [1.29, 1.82) is 0 Å². The number of carbonyl (C=O) groups excluding carboxylic acids is 1. The number of hydrogen-bond donors (Lipinski definition) is 0. The summed E-state index contributed by atoms with van der Waals surface area (Å²) in [6, 6.07) is 9.18. The molecule has 0 N–H and O–H groups in total. The molecule has 1 atom stereocenters. The largest absolute Gasteiger partial charge is 0.497 e. The van der Waals surface area contributed by atoms with Gasteiger partial charge in [-0.15, -0.1) is 0 Å². The van der Waals surface area contributed by atoms with Gasteiger partial charge in [-0.05, 0) is 30.3 Å². The quantitative estimate of drug-likeness (QED) is 0.649. The molecule has 144 valence electrons. The van der Waals surface area contributed by atoms with Crippen molar-refractivity contribution in [2.24, 2.45) is 0 Å². The number of ether oxygens (including phenoxy) is 2. The smallest absolute Gasteiger partial charge is 0.232 e. The third kappa shape index (κ3) is 3.53. The van der Waals surface area contributed by atoms with Crippen molar-refractivity contribution in [1.82, 2.24) is 20.0 Å². The summed E-state index contributed by atoms with van der Waals surface area (Å²) >= 11 is 0. The molecule has 3 aromatic rings. The van der Waals surface area contributed by atoms with Gasteiger partial charge in [0.15, 0.2) is 0 Å². The maximum Gasteiger partial charge on any atom is 0.232 e. The van der Waals surface area contributed by atoms with E-state index in [4.69, 9.17) is 14.0 Å². The van der Waals surface area contributed by atoms with Gasteiger partial charge in [0.25, 0.3) is 0 Å². The number of pyridine rings is 1. The van der Waals surface area contributed by atoms with Crippen LogP contribution in [0.3, 0.4) is 0 Å². The Morgan fingerprint density at radius 2 is 2.00 bits per heavy atom. The Kier molecular flexibility index (Phi) is 4.92. The fourth-order valence-corrected chi connectivity index (χ4v) is 3.32. The van der Waals surface area contributed by atoms with Crippen LogP contribution in [0.4, 0.5) is 0 Å². The second-order valence-electron chi connectivity index (χ2n) is 6.55. The van der Waals surface area contributed by atoms with Gasteiger partial charge in [0, 0.05) is 43.0 Å². The normalized spacial score (nSPS) is 16.4. The van der Waals surface area contributed by atoms with E-state index in [1.54, 1.807) is 31.5 Å². The Bertz CT molecular complexity index is 973. The molecule has 0 saturated carbocycles. The summed E-state index contributed by atoms with van der Waals surface area (Å²) in [6.45, 7) is 0.943. The molecule has 0 radical (unpaired) electrons. The van der Waals surface area contributed by atoms with E-state index in [1.165, 1.54) is 0 Å². The van der Waals surface area contributed by atoms with Gasteiger partial charge in [-0.3, -0.25) is 9.78 Å². The van der Waals surface area contributed by atoms with Crippen molar-refractivity contribution in [2.75, 3.05) is 20.8 Å². The van der Waals surface area contributed by atoms with Crippen LogP contribution in [0.25, 0.3) is 11.4 Å². The monoisotopic (exact) mass is 380 g/mol. The summed E-state index contributed by atoms with van der Waals surface area (Å²) in [5.41, 5.74) is 1.71. The third-order valence-corrected chi connectivity index (χ3v) is 4.79. The van der Waals surface area contributed by atoms with Gasteiger partial charge in [-0.2, -0.15) is 4.98 Å². The predicted molar refractivity (Wildman–Crippen MR) is 99.9 cm³/mol. The van der Waals surface area contributed by atoms with Crippen molar-refractivity contribution in [3.8, 4) is 22.9 Å². The molecule has 0 bridgehead atoms. The fraction of sp³-hybridized carbons (Fsp3) is 0.300. The van der Waals surface area contributed by atoms with Crippen LogP contribution in [0.5, 0.6) is 11.5 Å². The highest BCUT2D eigenvalue weighted by atomic mass is 16.5. The topological polar surface area (TPSA) is 90.6 Å². The molecule has 0 aliphatic carbocycles. The van der Waals surface area contributed by atoms with Crippen LogP contribution in [0, 0.1) is 0 Å². The molecule has 1 aliphatic heterocycles. The van der Waals surface area contributed by atoms with Crippen LogP contribution in [0.15, 0.2) is 47.2 Å². The first kappa shape index (κ1) is 18.0. The molecule has 1 aromatic carbocycles. The zero-order chi connectivity index (χ0) is 19.5. The van der Waals surface area contributed by atoms with Gasteiger partial charge in [-0.25, -0.2) is 0 Å². The van der Waals surface area contributed by atoms with Crippen molar-refractivity contribution in [2.45, 2.75) is 18.9 Å². The number of aromatic nitrogens is 3. The lowest BCUT2D eigenvalue weighted by molar-refractivity contribution is -0.128. The standard InChI is InChI=1S/C20H20N4O4/c1-26-16-3-4-17(27-2)14(9-16)11-24-12-15(10-18(24)25)20-22-19(23-28-20)13-5-7-21-8-6-13/h3-9,15H,10-12H2,1-2H3. The molecule has 1 aliphatic rings. The first-order valence-corrected chi connectivity index (χ1v) is 8.90. The van der Waals surface area contributed by atoms with Gasteiger partial charge in [0.05, 0.1) is 20.1 Å². The van der Waals surface area contributed by atoms with Crippen LogP contribution in [0.1, 0.15) is 23.8 Å². The average Bonchev–Trinajstić information content (AvgIpc) is 3.36. The van der Waals surface area contributed by atoms with E-state index in [0.29, 0.717) is 31.2 Å². The van der Waals surface area contributed by atoms with E-state index in [1.807, 2.05) is 30.3 Å². The van der Waals surface area contributed by atoms with Gasteiger partial charge in [0.2, 0.25) is 17.6 Å². The molecule has 28 heavy (non-hydrogen) atoms. The summed E-state index contributed by atoms with van der Waals surface area (Å²) < 4.78 is 16.1. The second-order valence-corrected chi connectivity index (χ2v) is 6.55. The van der Waals surface area contributed by atoms with Gasteiger partial charge >= 0.3 is 0 Å². The zero-order valence-electron chi connectivity index (χ0n) is 15.7. The highest BCUT2D eigenvalue weighted by molar-refractivity contribution is 5.79. The summed E-state index contributed by atoms with van der Waals surface area (Å²) in [5, 5.41) is 4.03. The Labute approximate surface area is 162 Å². The van der Waals surface area contributed by atoms with Crippen LogP contribution in [-0.2, 0) is 11.3 Å². The lowest BCUT2D eigenvalue weighted by atomic mass is 10.1. The number of amides is 1. The van der Waals surface area contributed by atoms with Crippen LogP contribution < -0.4 is 9.47 Å². The second kappa shape index (κ2) is 7.67.